The molecule has 0 aliphatic rings. The quantitative estimate of drug-likeness (QED) is 0.848. The third kappa shape index (κ3) is 3.82. The molecule has 7 heteroatoms. The summed E-state index contributed by atoms with van der Waals surface area (Å²) in [6.07, 6.45) is -4.43. The first-order chi connectivity index (χ1) is 10.3. The lowest BCUT2D eigenvalue weighted by Crippen LogP contribution is -2.15. The Morgan fingerprint density at radius 1 is 1.05 bits per heavy atom. The van der Waals surface area contributed by atoms with Crippen LogP contribution in [0.4, 0.5) is 18.9 Å². The largest absolute Gasteiger partial charge is 0.416 e. The number of amides is 1. The van der Waals surface area contributed by atoms with E-state index < -0.39 is 17.6 Å². The molecule has 114 valence electrons. The topological polar surface area (TPSA) is 55.1 Å². The molecule has 22 heavy (non-hydrogen) atoms. The second kappa shape index (κ2) is 6.15. The molecule has 2 aromatic carbocycles. The number of carbonyl (C=O) groups excluding carboxylic acids is 1. The van der Waals surface area contributed by atoms with Gasteiger partial charge in [-0.05, 0) is 30.3 Å². The van der Waals surface area contributed by atoms with Crippen LogP contribution >= 0.6 is 12.2 Å². The highest BCUT2D eigenvalue weighted by Crippen LogP contribution is 2.30. The Bertz CT molecular complexity index is 729. The van der Waals surface area contributed by atoms with Gasteiger partial charge in [0.15, 0.2) is 0 Å². The van der Waals surface area contributed by atoms with Gasteiger partial charge in [0.05, 0.1) is 5.56 Å². The van der Waals surface area contributed by atoms with E-state index in [2.05, 4.69) is 5.32 Å². The third-order valence-corrected chi connectivity index (χ3v) is 3.19. The molecule has 0 atom stereocenters. The fourth-order valence-electron chi connectivity index (χ4n) is 1.79. The highest BCUT2D eigenvalue weighted by Gasteiger charge is 2.30. The van der Waals surface area contributed by atoms with Crippen LogP contribution in [0.3, 0.4) is 0 Å². The maximum absolute atomic E-state index is 12.7. The first kappa shape index (κ1) is 16.0. The van der Waals surface area contributed by atoms with Gasteiger partial charge >= 0.3 is 6.18 Å². The zero-order valence-corrected chi connectivity index (χ0v) is 12.0. The van der Waals surface area contributed by atoms with E-state index >= 15 is 0 Å². The highest BCUT2D eigenvalue weighted by atomic mass is 32.1. The summed E-state index contributed by atoms with van der Waals surface area (Å²) in [6, 6.07) is 10.9. The lowest BCUT2D eigenvalue weighted by molar-refractivity contribution is -0.137. The van der Waals surface area contributed by atoms with Crippen LogP contribution < -0.4 is 11.1 Å². The molecule has 1 amide bonds. The zero-order valence-electron chi connectivity index (χ0n) is 11.1. The molecule has 0 aliphatic heterocycles. The molecule has 0 spiro atoms. The number of rotatable bonds is 3. The second-order valence-electron chi connectivity index (χ2n) is 4.48. The summed E-state index contributed by atoms with van der Waals surface area (Å²) in [5.41, 5.74) is 5.37. The number of hydrogen-bond donors (Lipinski definition) is 2. The van der Waals surface area contributed by atoms with Crippen LogP contribution in [0, 0.1) is 0 Å². The summed E-state index contributed by atoms with van der Waals surface area (Å²) in [4.78, 5) is 11.3. The van der Waals surface area contributed by atoms with Crippen molar-refractivity contribution < 1.29 is 18.0 Å². The Balaban J connectivity index is 2.22. The van der Waals surface area contributed by atoms with E-state index in [4.69, 9.17) is 18.0 Å². The van der Waals surface area contributed by atoms with Gasteiger partial charge in [-0.25, -0.2) is 0 Å². The van der Waals surface area contributed by atoms with Gasteiger partial charge in [-0.2, -0.15) is 13.2 Å². The summed E-state index contributed by atoms with van der Waals surface area (Å²) < 4.78 is 38.0. The predicted octanol–water partition coefficient (Wildman–Crippen LogP) is 3.59. The Morgan fingerprint density at radius 3 is 2.32 bits per heavy atom. The molecule has 0 aliphatic carbocycles. The highest BCUT2D eigenvalue weighted by molar-refractivity contribution is 7.81. The number of halogens is 3. The molecule has 0 unspecified atom stereocenters. The van der Waals surface area contributed by atoms with Crippen LogP contribution in [0.2, 0.25) is 0 Å². The average molecular weight is 324 g/mol. The van der Waals surface area contributed by atoms with Crippen LogP contribution in [-0.2, 0) is 6.18 Å². The molecule has 3 N–H and O–H groups in total. The van der Waals surface area contributed by atoms with Gasteiger partial charge in [-0.3, -0.25) is 4.79 Å². The van der Waals surface area contributed by atoms with Crippen LogP contribution in [0.1, 0.15) is 21.5 Å². The van der Waals surface area contributed by atoms with Crippen molar-refractivity contribution in [2.75, 3.05) is 5.32 Å². The number of carbonyl (C=O) groups is 1. The standard InChI is InChI=1S/C15H11F3N2OS/c16-15(17,18)11-5-2-6-12(8-11)20-14(22)10-4-1-3-9(7-10)13(19)21/h1-8H,(H2,19,21)(H,20,22). The molecule has 0 fully saturated rings. The van der Waals surface area contributed by atoms with Gasteiger partial charge in [-0.15, -0.1) is 0 Å². The second-order valence-corrected chi connectivity index (χ2v) is 4.89. The van der Waals surface area contributed by atoms with Crippen molar-refractivity contribution in [2.45, 2.75) is 6.18 Å². The molecular formula is C15H11F3N2OS. The van der Waals surface area contributed by atoms with E-state index in [1.807, 2.05) is 0 Å². The Hall–Kier alpha value is -2.41. The van der Waals surface area contributed by atoms with Crippen molar-refractivity contribution in [3.8, 4) is 0 Å². The molecule has 2 rings (SSSR count). The Morgan fingerprint density at radius 2 is 1.68 bits per heavy atom. The Kier molecular flexibility index (Phi) is 4.46. The molecule has 3 nitrogen and oxygen atoms in total. The van der Waals surface area contributed by atoms with Crippen molar-refractivity contribution in [1.29, 1.82) is 0 Å². The minimum absolute atomic E-state index is 0.197. The lowest BCUT2D eigenvalue weighted by Gasteiger charge is -2.12. The van der Waals surface area contributed by atoms with Gasteiger partial charge in [0.25, 0.3) is 0 Å². The average Bonchev–Trinajstić information content (AvgIpc) is 2.46. The first-order valence-electron chi connectivity index (χ1n) is 6.16. The van der Waals surface area contributed by atoms with Crippen molar-refractivity contribution in [3.05, 3.63) is 65.2 Å². The van der Waals surface area contributed by atoms with Gasteiger partial charge in [0.1, 0.15) is 4.99 Å². The van der Waals surface area contributed by atoms with Crippen molar-refractivity contribution >= 4 is 28.8 Å². The van der Waals surface area contributed by atoms with Crippen LogP contribution in [0.25, 0.3) is 0 Å². The predicted molar refractivity (Wildman–Crippen MR) is 81.7 cm³/mol. The maximum Gasteiger partial charge on any atom is 0.416 e. The number of alkyl halides is 3. The molecular weight excluding hydrogens is 313 g/mol. The molecule has 2 aromatic rings. The summed E-state index contributed by atoms with van der Waals surface area (Å²) in [5.74, 6) is -0.608. The van der Waals surface area contributed by atoms with Crippen molar-refractivity contribution in [1.82, 2.24) is 0 Å². The number of anilines is 1. The van der Waals surface area contributed by atoms with E-state index in [-0.39, 0.29) is 16.2 Å². The Labute approximate surface area is 129 Å². The SMILES string of the molecule is NC(=O)c1cccc(C(=S)Nc2cccc(C(F)(F)F)c2)c1. The minimum Gasteiger partial charge on any atom is -0.366 e. The van der Waals surface area contributed by atoms with E-state index in [0.29, 0.717) is 5.56 Å². The van der Waals surface area contributed by atoms with Crippen LogP contribution in [0.5, 0.6) is 0 Å². The number of thiocarbonyl (C=S) groups is 1. The normalized spacial score (nSPS) is 11.0. The fourth-order valence-corrected chi connectivity index (χ4v) is 2.04. The van der Waals surface area contributed by atoms with Crippen molar-refractivity contribution in [2.24, 2.45) is 5.73 Å². The van der Waals surface area contributed by atoms with E-state index in [1.54, 1.807) is 12.1 Å². The van der Waals surface area contributed by atoms with E-state index in [1.165, 1.54) is 24.3 Å². The van der Waals surface area contributed by atoms with Gasteiger partial charge in [-0.1, -0.05) is 30.4 Å². The molecule has 0 radical (unpaired) electrons. The van der Waals surface area contributed by atoms with Crippen LogP contribution in [0.15, 0.2) is 48.5 Å². The first-order valence-corrected chi connectivity index (χ1v) is 6.56. The summed E-state index contributed by atoms with van der Waals surface area (Å²) in [5, 5.41) is 2.72. The number of primary amides is 1. The number of benzene rings is 2. The molecule has 0 aromatic heterocycles. The van der Waals surface area contributed by atoms with Gasteiger partial charge in [0, 0.05) is 16.8 Å². The lowest BCUT2D eigenvalue weighted by atomic mass is 10.1. The van der Waals surface area contributed by atoms with E-state index in [9.17, 15) is 18.0 Å². The monoisotopic (exact) mass is 324 g/mol. The summed E-state index contributed by atoms with van der Waals surface area (Å²) >= 11 is 5.14. The maximum atomic E-state index is 12.7. The number of hydrogen-bond acceptors (Lipinski definition) is 2. The van der Waals surface area contributed by atoms with Crippen LogP contribution in [-0.4, -0.2) is 10.9 Å². The number of nitrogens with one attached hydrogen (secondary N) is 1. The smallest absolute Gasteiger partial charge is 0.366 e. The summed E-state index contributed by atoms with van der Waals surface area (Å²) in [6.45, 7) is 0. The zero-order chi connectivity index (χ0) is 16.3. The number of nitrogens with two attached hydrogens (primary N) is 1. The molecule has 0 heterocycles. The minimum atomic E-state index is -4.43. The van der Waals surface area contributed by atoms with Gasteiger partial charge < -0.3 is 11.1 Å². The molecule has 0 saturated carbocycles. The molecule has 0 bridgehead atoms. The van der Waals surface area contributed by atoms with Crippen molar-refractivity contribution in [3.63, 3.8) is 0 Å². The fraction of sp³-hybridized carbons (Fsp3) is 0.0667. The van der Waals surface area contributed by atoms with Gasteiger partial charge in [0.2, 0.25) is 5.91 Å². The summed E-state index contributed by atoms with van der Waals surface area (Å²) in [7, 11) is 0. The van der Waals surface area contributed by atoms with E-state index in [0.717, 1.165) is 12.1 Å². The molecule has 0 saturated heterocycles. The third-order valence-electron chi connectivity index (χ3n) is 2.86.